The molecule has 334 valence electrons. The second-order valence-corrected chi connectivity index (χ2v) is 18.0. The van der Waals surface area contributed by atoms with Crippen molar-refractivity contribution in [3.8, 4) is 16.9 Å². The maximum atomic E-state index is 13.4. The molecule has 5 aliphatic heterocycles. The van der Waals surface area contributed by atoms with Crippen molar-refractivity contribution in [2.24, 2.45) is 11.8 Å². The molecule has 5 fully saturated rings. The van der Waals surface area contributed by atoms with E-state index in [-0.39, 0.29) is 42.7 Å². The number of alkyl halides is 3. The third-order valence-electron chi connectivity index (χ3n) is 13.6. The molecule has 0 bridgehead atoms. The van der Waals surface area contributed by atoms with Crippen LogP contribution in [0.5, 0.6) is 5.75 Å². The van der Waals surface area contributed by atoms with Crippen molar-refractivity contribution < 1.29 is 51.8 Å². The summed E-state index contributed by atoms with van der Waals surface area (Å²) in [5.74, 6) is -2.79. The number of anilines is 2. The summed E-state index contributed by atoms with van der Waals surface area (Å²) < 4.78 is 40.6. The third kappa shape index (κ3) is 8.41. The molecule has 6 heterocycles. The van der Waals surface area contributed by atoms with Gasteiger partial charge in [-0.05, 0) is 101 Å². The molecule has 3 aromatic rings. The van der Waals surface area contributed by atoms with Gasteiger partial charge in [0.1, 0.15) is 11.8 Å². The highest BCUT2D eigenvalue weighted by Crippen LogP contribution is 2.46. The van der Waals surface area contributed by atoms with Crippen LogP contribution in [0.1, 0.15) is 103 Å². The average molecular weight is 874 g/mol. The highest BCUT2D eigenvalue weighted by atomic mass is 19.4. The predicted octanol–water partition coefficient (Wildman–Crippen LogP) is 5.37. The van der Waals surface area contributed by atoms with Crippen LogP contribution in [-0.2, 0) is 25.6 Å². The van der Waals surface area contributed by atoms with Crippen molar-refractivity contribution in [1.29, 1.82) is 0 Å². The van der Waals surface area contributed by atoms with Gasteiger partial charge in [-0.3, -0.25) is 38.9 Å². The molecule has 2 aromatic carbocycles. The largest absolute Gasteiger partial charge is 0.490 e. The molecule has 15 nitrogen and oxygen atoms in total. The topological polar surface area (TPSA) is 175 Å². The number of benzene rings is 2. The number of ether oxygens (including phenoxy) is 1. The zero-order valence-corrected chi connectivity index (χ0v) is 34.9. The number of carboxylic acids is 1. The lowest BCUT2D eigenvalue weighted by Gasteiger charge is -2.44. The molecule has 5 amide bonds. The van der Waals surface area contributed by atoms with Crippen LogP contribution in [0, 0.1) is 11.8 Å². The van der Waals surface area contributed by atoms with E-state index < -0.39 is 35.9 Å². The normalized spacial score (nSPS) is 23.3. The highest BCUT2D eigenvalue weighted by molar-refractivity contribution is 6.23. The van der Waals surface area contributed by atoms with Gasteiger partial charge in [-0.1, -0.05) is 0 Å². The quantitative estimate of drug-likeness (QED) is 0.265. The van der Waals surface area contributed by atoms with Crippen LogP contribution in [-0.4, -0.2) is 117 Å². The van der Waals surface area contributed by atoms with Crippen molar-refractivity contribution in [1.82, 2.24) is 24.9 Å². The molecular formula is C45H50F3N7O8. The number of carbonyl (C=O) groups is 6. The number of rotatable bonds is 9. The molecule has 3 saturated heterocycles. The fourth-order valence-corrected chi connectivity index (χ4v) is 9.64. The first-order valence-corrected chi connectivity index (χ1v) is 22.0. The molecule has 0 radical (unpaired) electrons. The number of imide groups is 2. The first kappa shape index (κ1) is 42.5. The molecule has 18 heteroatoms. The number of hydrogen-bond donors (Lipinski definition) is 2. The zero-order valence-electron chi connectivity index (χ0n) is 34.9. The second-order valence-electron chi connectivity index (χ2n) is 18.0. The summed E-state index contributed by atoms with van der Waals surface area (Å²) in [5, 5.41) is 14.3. The molecular weight excluding hydrogens is 824 g/mol. The van der Waals surface area contributed by atoms with Crippen LogP contribution in [0.15, 0.2) is 42.7 Å². The van der Waals surface area contributed by atoms with Gasteiger partial charge in [0, 0.05) is 85.6 Å². The maximum Gasteiger partial charge on any atom is 0.490 e. The molecule has 7 aliphatic rings. The van der Waals surface area contributed by atoms with Gasteiger partial charge in [-0.15, -0.1) is 0 Å². The van der Waals surface area contributed by atoms with E-state index in [2.05, 4.69) is 50.0 Å². The number of aliphatic carboxylic acids is 1. The summed E-state index contributed by atoms with van der Waals surface area (Å²) in [5.41, 5.74) is 5.88. The smallest absolute Gasteiger partial charge is 0.489 e. The number of nitrogens with one attached hydrogen (secondary N) is 1. The Morgan fingerprint density at radius 1 is 0.889 bits per heavy atom. The number of aromatic nitrogens is 2. The summed E-state index contributed by atoms with van der Waals surface area (Å²) >= 11 is 0. The minimum absolute atomic E-state index is 0.100. The first-order chi connectivity index (χ1) is 30.1. The van der Waals surface area contributed by atoms with Crippen LogP contribution < -0.4 is 19.9 Å². The van der Waals surface area contributed by atoms with Gasteiger partial charge in [0.2, 0.25) is 17.7 Å². The molecule has 1 aromatic heterocycles. The number of carbonyl (C=O) groups excluding carboxylic acids is 5. The molecule has 63 heavy (non-hydrogen) atoms. The van der Waals surface area contributed by atoms with Gasteiger partial charge < -0.3 is 24.5 Å². The van der Waals surface area contributed by atoms with Crippen molar-refractivity contribution in [3.63, 3.8) is 0 Å². The van der Waals surface area contributed by atoms with Crippen molar-refractivity contribution in [3.05, 3.63) is 59.4 Å². The zero-order chi connectivity index (χ0) is 44.3. The number of halogens is 3. The molecule has 0 spiro atoms. The Balaban J connectivity index is 0.000000667. The standard InChI is InChI=1S/C43H49N7O6.C2HF3O2/c1-25-5-9-34-36(49(25)41(53)27-6-7-27)12-11-32(39(34)56-31-3-2-4-31)28-20-44-48(24-28)29-15-17-46(18-16-29)21-26-22-47(23-26)30-8-10-33-35(19-30)43(55)50(42(33)54)37-13-14-38(51)45-40(37)52;3-2(4,5)1(6)7/h8,10-12,19-20,24-27,29,31,37H,2-7,9,13-18,21-23H2,1H3,(H,45,51,52);(H,6,7)/t25-,37?;/m0./s1. The first-order valence-electron chi connectivity index (χ1n) is 22.0. The summed E-state index contributed by atoms with van der Waals surface area (Å²) in [6, 6.07) is 9.21. The van der Waals surface area contributed by atoms with E-state index in [1.54, 1.807) is 12.1 Å². The van der Waals surface area contributed by atoms with Crippen LogP contribution >= 0.6 is 0 Å². The Kier molecular flexibility index (Phi) is 11.3. The lowest BCUT2D eigenvalue weighted by Crippen LogP contribution is -2.54. The van der Waals surface area contributed by atoms with E-state index in [4.69, 9.17) is 19.7 Å². The number of amides is 5. The molecule has 2 atom stereocenters. The summed E-state index contributed by atoms with van der Waals surface area (Å²) in [7, 11) is 0. The monoisotopic (exact) mass is 873 g/mol. The Morgan fingerprint density at radius 2 is 1.59 bits per heavy atom. The van der Waals surface area contributed by atoms with Gasteiger partial charge in [0.25, 0.3) is 11.8 Å². The molecule has 10 rings (SSSR count). The van der Waals surface area contributed by atoms with E-state index in [0.717, 1.165) is 117 Å². The number of nitrogens with zero attached hydrogens (tertiary/aromatic N) is 6. The van der Waals surface area contributed by atoms with Gasteiger partial charge in [0.05, 0.1) is 35.2 Å². The number of hydrogen-bond acceptors (Lipinski definition) is 10. The highest BCUT2D eigenvalue weighted by Gasteiger charge is 2.46. The molecule has 1 unspecified atom stereocenters. The third-order valence-corrected chi connectivity index (χ3v) is 13.6. The molecule has 2 saturated carbocycles. The summed E-state index contributed by atoms with van der Waals surface area (Å²) in [4.78, 5) is 80.6. The fourth-order valence-electron chi connectivity index (χ4n) is 9.64. The minimum atomic E-state index is -5.08. The summed E-state index contributed by atoms with van der Waals surface area (Å²) in [6.45, 7) is 6.93. The van der Waals surface area contributed by atoms with E-state index in [1.807, 2.05) is 12.3 Å². The number of fused-ring (bicyclic) bond motifs is 2. The van der Waals surface area contributed by atoms with Gasteiger partial charge in [-0.2, -0.15) is 18.3 Å². The number of likely N-dealkylation sites (tertiary alicyclic amines) is 1. The van der Waals surface area contributed by atoms with Gasteiger partial charge >= 0.3 is 12.1 Å². The van der Waals surface area contributed by atoms with E-state index >= 15 is 0 Å². The Labute approximate surface area is 361 Å². The SMILES string of the molecule is C[C@H]1CCc2c(ccc(-c3cnn(C4CCN(CC5CN(c6ccc7c(c6)C(=O)N(C6CCC(=O)NC6=O)C7=O)C5)CC4)c3)c2OC2CCC2)N1C(=O)C1CC1.O=C(O)C(F)(F)F. The fraction of sp³-hybridized carbons (Fsp3) is 0.533. The Hall–Kier alpha value is -5.78. The Morgan fingerprint density at radius 3 is 2.24 bits per heavy atom. The minimum Gasteiger partial charge on any atom is -0.489 e. The lowest BCUT2D eigenvalue weighted by atomic mass is 9.91. The van der Waals surface area contributed by atoms with Crippen LogP contribution in [0.3, 0.4) is 0 Å². The van der Waals surface area contributed by atoms with Crippen LogP contribution in [0.4, 0.5) is 24.5 Å². The average Bonchev–Trinajstić information content (AvgIpc) is 3.91. The summed E-state index contributed by atoms with van der Waals surface area (Å²) in [6.07, 6.45) is 8.81. The number of piperidine rings is 2. The van der Waals surface area contributed by atoms with Crippen LogP contribution in [0.25, 0.3) is 11.1 Å². The van der Waals surface area contributed by atoms with Crippen LogP contribution in [0.2, 0.25) is 0 Å². The van der Waals surface area contributed by atoms with Gasteiger partial charge in [-0.25, -0.2) is 4.79 Å². The van der Waals surface area contributed by atoms with E-state index in [1.165, 1.54) is 12.0 Å². The number of carboxylic acid groups (broad SMARTS) is 1. The van der Waals surface area contributed by atoms with Crippen molar-refractivity contribution in [2.75, 3.05) is 42.5 Å². The second kappa shape index (κ2) is 16.7. The Bertz CT molecular complexity index is 2350. The van der Waals surface area contributed by atoms with Crippen molar-refractivity contribution >= 4 is 46.9 Å². The van der Waals surface area contributed by atoms with E-state index in [0.29, 0.717) is 23.1 Å². The van der Waals surface area contributed by atoms with Crippen molar-refractivity contribution in [2.45, 2.75) is 108 Å². The molecule has 2 aliphatic carbocycles. The van der Waals surface area contributed by atoms with Gasteiger partial charge in [0.15, 0.2) is 0 Å². The molecule has 2 N–H and O–H groups in total. The maximum absolute atomic E-state index is 13.4. The van der Waals surface area contributed by atoms with E-state index in [9.17, 15) is 37.1 Å². The predicted molar refractivity (Wildman–Crippen MR) is 221 cm³/mol. The lowest BCUT2D eigenvalue weighted by molar-refractivity contribution is -0.192.